The van der Waals surface area contributed by atoms with E-state index < -0.39 is 0 Å². The maximum absolute atomic E-state index is 8.12. The molecule has 0 radical (unpaired) electrons. The zero-order valence-corrected chi connectivity index (χ0v) is 11.9. The van der Waals surface area contributed by atoms with Gasteiger partial charge in [-0.1, -0.05) is 46.8 Å². The summed E-state index contributed by atoms with van der Waals surface area (Å²) in [5.41, 5.74) is 2.85. The van der Waals surface area contributed by atoms with Crippen molar-refractivity contribution in [3.05, 3.63) is 29.8 Å². The molecule has 0 amide bonds. The van der Waals surface area contributed by atoms with Gasteiger partial charge in [-0.15, -0.1) is 0 Å². The molecule has 0 bridgehead atoms. The summed E-state index contributed by atoms with van der Waals surface area (Å²) in [6, 6.07) is 8.76. The highest BCUT2D eigenvalue weighted by molar-refractivity contribution is 5.45. The number of rotatable bonds is 3. The SMILES string of the molecule is CC(C)CNc1ccc(C(C)(C)C)cc1.O=C=O. The normalized spacial score (nSPS) is 10.3. The molecule has 0 atom stereocenters. The molecule has 0 heterocycles. The number of carbonyl (C=O) groups excluding carboxylic acids is 2. The van der Waals surface area contributed by atoms with Crippen LogP contribution in [0, 0.1) is 5.92 Å². The topological polar surface area (TPSA) is 46.2 Å². The van der Waals surface area contributed by atoms with Crippen LogP contribution in [0.25, 0.3) is 0 Å². The standard InChI is InChI=1S/C14H23N.CO2/c1-11(2)10-15-13-8-6-12(7-9-13)14(3,4)5;2-1-3/h6-9,11,15H,10H2,1-5H3;. The van der Waals surface area contributed by atoms with E-state index in [1.165, 1.54) is 11.3 Å². The third-order valence-electron chi connectivity index (χ3n) is 2.47. The Morgan fingerprint density at radius 1 is 1.11 bits per heavy atom. The van der Waals surface area contributed by atoms with Crippen molar-refractivity contribution in [2.75, 3.05) is 11.9 Å². The molecule has 0 saturated heterocycles. The van der Waals surface area contributed by atoms with Gasteiger partial charge in [0.05, 0.1) is 0 Å². The van der Waals surface area contributed by atoms with Crippen LogP contribution in [0.15, 0.2) is 24.3 Å². The molecule has 0 aliphatic rings. The van der Waals surface area contributed by atoms with Crippen LogP contribution in [0.2, 0.25) is 0 Å². The van der Waals surface area contributed by atoms with E-state index in [1.807, 2.05) is 0 Å². The van der Waals surface area contributed by atoms with Crippen molar-refractivity contribution in [1.82, 2.24) is 0 Å². The fraction of sp³-hybridized carbons (Fsp3) is 0.533. The van der Waals surface area contributed by atoms with Gasteiger partial charge in [-0.3, -0.25) is 0 Å². The van der Waals surface area contributed by atoms with E-state index in [1.54, 1.807) is 0 Å². The lowest BCUT2D eigenvalue weighted by molar-refractivity contribution is -0.191. The summed E-state index contributed by atoms with van der Waals surface area (Å²) in [5.74, 6) is 0.687. The van der Waals surface area contributed by atoms with Crippen LogP contribution in [0.4, 0.5) is 5.69 Å². The fourth-order valence-corrected chi connectivity index (χ4v) is 1.41. The lowest BCUT2D eigenvalue weighted by Gasteiger charge is -2.19. The van der Waals surface area contributed by atoms with Crippen molar-refractivity contribution in [3.8, 4) is 0 Å². The first kappa shape index (κ1) is 16.4. The summed E-state index contributed by atoms with van der Waals surface area (Å²) in [5, 5.41) is 3.42. The molecule has 0 aliphatic heterocycles. The highest BCUT2D eigenvalue weighted by Crippen LogP contribution is 2.23. The number of nitrogens with one attached hydrogen (secondary N) is 1. The lowest BCUT2D eigenvalue weighted by atomic mass is 9.87. The van der Waals surface area contributed by atoms with Crippen LogP contribution >= 0.6 is 0 Å². The van der Waals surface area contributed by atoms with Gasteiger partial charge in [-0.2, -0.15) is 9.59 Å². The number of benzene rings is 1. The van der Waals surface area contributed by atoms with Gasteiger partial charge in [0.15, 0.2) is 0 Å². The molecule has 0 aliphatic carbocycles. The molecule has 18 heavy (non-hydrogen) atoms. The minimum Gasteiger partial charge on any atom is -0.385 e. The van der Waals surface area contributed by atoms with Gasteiger partial charge in [0, 0.05) is 12.2 Å². The molecule has 1 rings (SSSR count). The number of hydrogen-bond acceptors (Lipinski definition) is 3. The van der Waals surface area contributed by atoms with Crippen molar-refractivity contribution in [2.45, 2.75) is 40.0 Å². The van der Waals surface area contributed by atoms with Gasteiger partial charge in [0.2, 0.25) is 0 Å². The first-order valence-electron chi connectivity index (χ1n) is 6.15. The molecular weight excluding hydrogens is 226 g/mol. The minimum atomic E-state index is 0.247. The quantitative estimate of drug-likeness (QED) is 0.892. The molecule has 0 fully saturated rings. The zero-order valence-electron chi connectivity index (χ0n) is 11.9. The largest absolute Gasteiger partial charge is 0.385 e. The predicted molar refractivity (Wildman–Crippen MR) is 73.5 cm³/mol. The second-order valence-electron chi connectivity index (χ2n) is 5.69. The molecule has 3 nitrogen and oxygen atoms in total. The Morgan fingerprint density at radius 3 is 1.89 bits per heavy atom. The van der Waals surface area contributed by atoms with E-state index in [2.05, 4.69) is 64.2 Å². The van der Waals surface area contributed by atoms with Crippen LogP contribution in [0.5, 0.6) is 0 Å². The third kappa shape index (κ3) is 6.87. The van der Waals surface area contributed by atoms with Gasteiger partial charge in [-0.05, 0) is 29.0 Å². The van der Waals surface area contributed by atoms with Gasteiger partial charge in [-0.25, -0.2) is 0 Å². The Labute approximate surface area is 110 Å². The van der Waals surface area contributed by atoms with Crippen molar-refractivity contribution in [2.24, 2.45) is 5.92 Å². The molecule has 1 aromatic carbocycles. The van der Waals surface area contributed by atoms with Crippen molar-refractivity contribution in [1.29, 1.82) is 0 Å². The lowest BCUT2D eigenvalue weighted by Crippen LogP contribution is -2.11. The van der Waals surface area contributed by atoms with Crippen molar-refractivity contribution >= 4 is 11.8 Å². The average molecular weight is 249 g/mol. The van der Waals surface area contributed by atoms with Crippen LogP contribution < -0.4 is 5.32 Å². The van der Waals surface area contributed by atoms with Gasteiger partial charge >= 0.3 is 6.15 Å². The highest BCUT2D eigenvalue weighted by Gasteiger charge is 2.12. The van der Waals surface area contributed by atoms with E-state index in [-0.39, 0.29) is 11.6 Å². The first-order valence-corrected chi connectivity index (χ1v) is 6.15. The molecule has 0 unspecified atom stereocenters. The van der Waals surface area contributed by atoms with Crippen molar-refractivity contribution < 1.29 is 9.59 Å². The summed E-state index contributed by atoms with van der Waals surface area (Å²) >= 11 is 0. The van der Waals surface area contributed by atoms with Crippen molar-refractivity contribution in [3.63, 3.8) is 0 Å². The smallest absolute Gasteiger partial charge is 0.373 e. The van der Waals surface area contributed by atoms with E-state index in [9.17, 15) is 0 Å². The Balaban J connectivity index is 0.000000873. The second kappa shape index (κ2) is 7.67. The van der Waals surface area contributed by atoms with Crippen LogP contribution in [0.3, 0.4) is 0 Å². The van der Waals surface area contributed by atoms with E-state index in [4.69, 9.17) is 9.59 Å². The predicted octanol–water partition coefficient (Wildman–Crippen LogP) is 3.47. The molecule has 0 saturated carbocycles. The minimum absolute atomic E-state index is 0.247. The van der Waals surface area contributed by atoms with Gasteiger partial charge in [0.25, 0.3) is 0 Å². The second-order valence-corrected chi connectivity index (χ2v) is 5.69. The molecule has 100 valence electrons. The molecule has 0 spiro atoms. The van der Waals surface area contributed by atoms with Crippen LogP contribution in [-0.2, 0) is 15.0 Å². The Bertz CT molecular complexity index is 368. The summed E-state index contributed by atoms with van der Waals surface area (Å²) in [6.45, 7) is 12.2. The van der Waals surface area contributed by atoms with E-state index in [0.717, 1.165) is 6.54 Å². The number of anilines is 1. The number of hydrogen-bond donors (Lipinski definition) is 1. The molecular formula is C15H23NO2. The van der Waals surface area contributed by atoms with Crippen LogP contribution in [-0.4, -0.2) is 12.7 Å². The Morgan fingerprint density at radius 2 is 1.56 bits per heavy atom. The van der Waals surface area contributed by atoms with Gasteiger partial charge in [0.1, 0.15) is 0 Å². The summed E-state index contributed by atoms with van der Waals surface area (Å²) in [6.07, 6.45) is 0.250. The van der Waals surface area contributed by atoms with Crippen LogP contribution in [0.1, 0.15) is 40.2 Å². The highest BCUT2D eigenvalue weighted by atomic mass is 16.2. The van der Waals surface area contributed by atoms with Gasteiger partial charge < -0.3 is 5.32 Å². The molecule has 0 aromatic heterocycles. The fourth-order valence-electron chi connectivity index (χ4n) is 1.41. The first-order chi connectivity index (χ1) is 8.31. The van der Waals surface area contributed by atoms with E-state index >= 15 is 0 Å². The summed E-state index contributed by atoms with van der Waals surface area (Å²) in [7, 11) is 0. The zero-order chi connectivity index (χ0) is 14.2. The molecule has 1 aromatic rings. The Kier molecular flexibility index (Phi) is 6.99. The monoisotopic (exact) mass is 249 g/mol. The third-order valence-corrected chi connectivity index (χ3v) is 2.47. The maximum Gasteiger partial charge on any atom is 0.373 e. The summed E-state index contributed by atoms with van der Waals surface area (Å²) < 4.78 is 0. The maximum atomic E-state index is 8.12. The molecule has 1 N–H and O–H groups in total. The molecule has 3 heteroatoms. The summed E-state index contributed by atoms with van der Waals surface area (Å²) in [4.78, 5) is 16.2. The van der Waals surface area contributed by atoms with E-state index in [0.29, 0.717) is 5.92 Å². The average Bonchev–Trinajstić information content (AvgIpc) is 2.27. The Hall–Kier alpha value is -1.60.